The number of rotatable bonds is 3. The van der Waals surface area contributed by atoms with Gasteiger partial charge >= 0.3 is 0 Å². The minimum atomic E-state index is -0.638. The van der Waals surface area contributed by atoms with Crippen LogP contribution >= 0.6 is 15.9 Å². The van der Waals surface area contributed by atoms with Gasteiger partial charge in [0.05, 0.1) is 12.8 Å². The van der Waals surface area contributed by atoms with Gasteiger partial charge in [0, 0.05) is 22.8 Å². The minimum absolute atomic E-state index is 0.0104. The fraction of sp³-hybridized carbons (Fsp3) is 0.154. The van der Waals surface area contributed by atoms with Gasteiger partial charge in [-0.05, 0) is 34.5 Å². The maximum atomic E-state index is 13.8. The number of hydrogen-bond acceptors (Lipinski definition) is 3. The average Bonchev–Trinajstić information content (AvgIpc) is 2.36. The number of ether oxygens (including phenoxy) is 1. The second kappa shape index (κ2) is 5.52. The zero-order valence-corrected chi connectivity index (χ0v) is 11.9. The van der Waals surface area contributed by atoms with Crippen LogP contribution in [0.4, 0.5) is 20.3 Å². The average molecular weight is 329 g/mol. The molecular formula is C13H11BrF2N2O. The molecule has 0 amide bonds. The van der Waals surface area contributed by atoms with Gasteiger partial charge in [-0.15, -0.1) is 0 Å². The topological polar surface area (TPSA) is 34.1 Å². The Labute approximate surface area is 117 Å². The van der Waals surface area contributed by atoms with Gasteiger partial charge in [-0.3, -0.25) is 0 Å². The van der Waals surface area contributed by atoms with Gasteiger partial charge in [0.25, 0.3) is 0 Å². The summed E-state index contributed by atoms with van der Waals surface area (Å²) in [5.41, 5.74) is 0.821. The Kier molecular flexibility index (Phi) is 3.99. The monoisotopic (exact) mass is 328 g/mol. The quantitative estimate of drug-likeness (QED) is 0.917. The number of pyridine rings is 1. The summed E-state index contributed by atoms with van der Waals surface area (Å²) >= 11 is 3.29. The highest BCUT2D eigenvalue weighted by Gasteiger charge is 2.11. The predicted octanol–water partition coefficient (Wildman–Crippen LogP) is 4.18. The molecule has 0 atom stereocenters. The van der Waals surface area contributed by atoms with Gasteiger partial charge in [-0.25, -0.2) is 13.8 Å². The number of aromatic nitrogens is 1. The Morgan fingerprint density at radius 3 is 2.58 bits per heavy atom. The van der Waals surface area contributed by atoms with E-state index in [2.05, 4.69) is 26.2 Å². The van der Waals surface area contributed by atoms with Gasteiger partial charge in [-0.1, -0.05) is 0 Å². The molecule has 0 spiro atoms. The van der Waals surface area contributed by atoms with Crippen molar-refractivity contribution >= 4 is 27.4 Å². The molecule has 19 heavy (non-hydrogen) atoms. The number of benzene rings is 1. The van der Waals surface area contributed by atoms with Gasteiger partial charge < -0.3 is 10.1 Å². The standard InChI is InChI=1S/C13H11BrF2N2O/c1-7-3-8(14)6-17-13(7)18-11-4-10(16)12(19-2)5-9(11)15/h3-6H,1-2H3,(H,17,18). The van der Waals surface area contributed by atoms with E-state index in [1.165, 1.54) is 7.11 Å². The number of nitrogens with zero attached hydrogens (tertiary/aromatic N) is 1. The summed E-state index contributed by atoms with van der Waals surface area (Å²) in [7, 11) is 1.28. The highest BCUT2D eigenvalue weighted by molar-refractivity contribution is 9.10. The Hall–Kier alpha value is -1.69. The molecule has 100 valence electrons. The van der Waals surface area contributed by atoms with Crippen LogP contribution in [-0.4, -0.2) is 12.1 Å². The highest BCUT2D eigenvalue weighted by Crippen LogP contribution is 2.28. The molecule has 0 bridgehead atoms. The normalized spacial score (nSPS) is 10.4. The maximum absolute atomic E-state index is 13.8. The summed E-state index contributed by atoms with van der Waals surface area (Å²) < 4.78 is 32.8. The second-order valence-electron chi connectivity index (χ2n) is 3.91. The molecule has 3 nitrogen and oxygen atoms in total. The van der Waals surface area contributed by atoms with E-state index in [1.807, 2.05) is 13.0 Å². The lowest BCUT2D eigenvalue weighted by atomic mass is 10.2. The van der Waals surface area contributed by atoms with Crippen molar-refractivity contribution in [3.05, 3.63) is 46.1 Å². The van der Waals surface area contributed by atoms with E-state index in [1.54, 1.807) is 6.20 Å². The van der Waals surface area contributed by atoms with Crippen molar-refractivity contribution in [1.82, 2.24) is 4.98 Å². The number of halogens is 3. The fourth-order valence-corrected chi connectivity index (χ4v) is 2.03. The summed E-state index contributed by atoms with van der Waals surface area (Å²) in [5, 5.41) is 2.76. The highest BCUT2D eigenvalue weighted by atomic mass is 79.9. The molecular weight excluding hydrogens is 318 g/mol. The number of methoxy groups -OCH3 is 1. The van der Waals surface area contributed by atoms with Crippen LogP contribution in [0.5, 0.6) is 5.75 Å². The van der Waals surface area contributed by atoms with Crippen molar-refractivity contribution in [2.24, 2.45) is 0 Å². The Balaban J connectivity index is 2.35. The van der Waals surface area contributed by atoms with Crippen molar-refractivity contribution in [2.75, 3.05) is 12.4 Å². The van der Waals surface area contributed by atoms with Crippen LogP contribution in [0.15, 0.2) is 28.9 Å². The third-order valence-electron chi connectivity index (χ3n) is 2.54. The largest absolute Gasteiger partial charge is 0.494 e. The summed E-state index contributed by atoms with van der Waals surface area (Å²) in [5.74, 6) is -0.918. The first kappa shape index (κ1) is 13.7. The molecule has 0 aliphatic rings. The molecule has 0 unspecified atom stereocenters. The molecule has 2 aromatic rings. The van der Waals surface area contributed by atoms with Crippen molar-refractivity contribution in [3.63, 3.8) is 0 Å². The zero-order valence-electron chi connectivity index (χ0n) is 10.3. The van der Waals surface area contributed by atoms with Crippen LogP contribution in [0, 0.1) is 18.6 Å². The number of aryl methyl sites for hydroxylation is 1. The lowest BCUT2D eigenvalue weighted by Gasteiger charge is -2.11. The SMILES string of the molecule is COc1cc(F)c(Nc2ncc(Br)cc2C)cc1F. The summed E-state index contributed by atoms with van der Waals surface area (Å²) in [6, 6.07) is 3.86. The van der Waals surface area contributed by atoms with Crippen LogP contribution in [0.2, 0.25) is 0 Å². The van der Waals surface area contributed by atoms with Crippen LogP contribution in [0.25, 0.3) is 0 Å². The number of nitrogens with one attached hydrogen (secondary N) is 1. The molecule has 2 rings (SSSR count). The zero-order chi connectivity index (χ0) is 14.0. The van der Waals surface area contributed by atoms with Crippen LogP contribution in [0.1, 0.15) is 5.56 Å². The van der Waals surface area contributed by atoms with E-state index in [4.69, 9.17) is 4.74 Å². The summed E-state index contributed by atoms with van der Waals surface area (Å²) in [6.45, 7) is 1.82. The predicted molar refractivity (Wildman–Crippen MR) is 72.9 cm³/mol. The van der Waals surface area contributed by atoms with E-state index >= 15 is 0 Å². The minimum Gasteiger partial charge on any atom is -0.494 e. The van der Waals surface area contributed by atoms with E-state index in [0.717, 1.165) is 22.2 Å². The summed E-state index contributed by atoms with van der Waals surface area (Å²) in [4.78, 5) is 4.11. The van der Waals surface area contributed by atoms with Crippen molar-refractivity contribution < 1.29 is 13.5 Å². The summed E-state index contributed by atoms with van der Waals surface area (Å²) in [6.07, 6.45) is 1.58. The lowest BCUT2D eigenvalue weighted by Crippen LogP contribution is -2.00. The maximum Gasteiger partial charge on any atom is 0.167 e. The first-order valence-corrected chi connectivity index (χ1v) is 6.22. The molecule has 1 heterocycles. The molecule has 0 saturated heterocycles. The fourth-order valence-electron chi connectivity index (χ4n) is 1.58. The molecule has 0 aliphatic heterocycles. The molecule has 0 fully saturated rings. The Morgan fingerprint density at radius 1 is 1.21 bits per heavy atom. The molecule has 1 N–H and O–H groups in total. The number of hydrogen-bond donors (Lipinski definition) is 1. The van der Waals surface area contributed by atoms with E-state index in [-0.39, 0.29) is 11.4 Å². The van der Waals surface area contributed by atoms with E-state index in [0.29, 0.717) is 5.82 Å². The van der Waals surface area contributed by atoms with Crippen molar-refractivity contribution in [2.45, 2.75) is 6.92 Å². The lowest BCUT2D eigenvalue weighted by molar-refractivity contribution is 0.383. The Morgan fingerprint density at radius 2 is 1.95 bits per heavy atom. The van der Waals surface area contributed by atoms with E-state index in [9.17, 15) is 8.78 Å². The van der Waals surface area contributed by atoms with Crippen molar-refractivity contribution in [3.8, 4) is 5.75 Å². The smallest absolute Gasteiger partial charge is 0.167 e. The second-order valence-corrected chi connectivity index (χ2v) is 4.83. The molecule has 1 aromatic heterocycles. The first-order valence-electron chi connectivity index (χ1n) is 5.43. The van der Waals surface area contributed by atoms with Crippen LogP contribution < -0.4 is 10.1 Å². The number of anilines is 2. The van der Waals surface area contributed by atoms with Gasteiger partial charge in [0.1, 0.15) is 5.82 Å². The van der Waals surface area contributed by atoms with E-state index < -0.39 is 11.6 Å². The molecule has 0 saturated carbocycles. The third kappa shape index (κ3) is 3.01. The third-order valence-corrected chi connectivity index (χ3v) is 2.97. The van der Waals surface area contributed by atoms with Crippen molar-refractivity contribution in [1.29, 1.82) is 0 Å². The molecule has 1 aromatic carbocycles. The van der Waals surface area contributed by atoms with Gasteiger partial charge in [-0.2, -0.15) is 0 Å². The molecule has 0 aliphatic carbocycles. The van der Waals surface area contributed by atoms with Crippen LogP contribution in [-0.2, 0) is 0 Å². The Bertz CT molecular complexity index is 620. The van der Waals surface area contributed by atoms with Gasteiger partial charge in [0.15, 0.2) is 17.4 Å². The van der Waals surface area contributed by atoms with Crippen LogP contribution in [0.3, 0.4) is 0 Å². The molecule has 6 heteroatoms. The first-order chi connectivity index (χ1) is 9.01. The molecule has 0 radical (unpaired) electrons. The van der Waals surface area contributed by atoms with Gasteiger partial charge in [0.2, 0.25) is 0 Å².